The predicted octanol–water partition coefficient (Wildman–Crippen LogP) is 4.20. The van der Waals surface area contributed by atoms with Gasteiger partial charge in [-0.2, -0.15) is 8.78 Å². The van der Waals surface area contributed by atoms with Gasteiger partial charge in [-0.25, -0.2) is 4.98 Å². The number of carbonyl (C=O) groups excluding carboxylic acids is 1. The van der Waals surface area contributed by atoms with Crippen LogP contribution in [0.25, 0.3) is 10.9 Å². The number of pyridine rings is 1. The Morgan fingerprint density at radius 2 is 2.14 bits per heavy atom. The van der Waals surface area contributed by atoms with Gasteiger partial charge >= 0.3 is 5.97 Å². The molecule has 7 heteroatoms. The summed E-state index contributed by atoms with van der Waals surface area (Å²) in [5, 5.41) is 1.34. The number of carbonyl (C=O) groups is 1. The highest BCUT2D eigenvalue weighted by Crippen LogP contribution is 2.27. The molecule has 2 rings (SSSR count). The van der Waals surface area contributed by atoms with E-state index in [2.05, 4.69) is 4.98 Å². The molecule has 0 radical (unpaired) electrons. The van der Waals surface area contributed by atoms with E-state index in [1.807, 2.05) is 31.2 Å². The fourth-order valence-electron chi connectivity index (χ4n) is 1.83. The average Bonchev–Trinajstić information content (AvgIpc) is 2.47. The van der Waals surface area contributed by atoms with Crippen LogP contribution in [-0.4, -0.2) is 22.5 Å². The summed E-state index contributed by atoms with van der Waals surface area (Å²) in [4.78, 5) is 15.7. The zero-order valence-electron chi connectivity index (χ0n) is 11.1. The molecule has 0 atom stereocenters. The Hall–Kier alpha value is -1.40. The second-order valence-electron chi connectivity index (χ2n) is 4.25. The molecule has 0 spiro atoms. The van der Waals surface area contributed by atoms with Gasteiger partial charge in [-0.3, -0.25) is 4.79 Å². The smallest absolute Gasteiger partial charge is 0.316 e. The van der Waals surface area contributed by atoms with Gasteiger partial charge in [0, 0.05) is 5.39 Å². The van der Waals surface area contributed by atoms with Crippen LogP contribution in [-0.2, 0) is 16.1 Å². The Kier molecular flexibility index (Phi) is 5.36. The predicted molar refractivity (Wildman–Crippen MR) is 79.7 cm³/mol. The molecule has 21 heavy (non-hydrogen) atoms. The maximum Gasteiger partial charge on any atom is 0.316 e. The number of alkyl halides is 2. The highest BCUT2D eigenvalue weighted by Gasteiger charge is 2.13. The highest BCUT2D eigenvalue weighted by molar-refractivity contribution is 8.00. The lowest BCUT2D eigenvalue weighted by Crippen LogP contribution is -2.10. The summed E-state index contributed by atoms with van der Waals surface area (Å²) in [6, 6.07) is 7.46. The van der Waals surface area contributed by atoms with Crippen LogP contribution < -0.4 is 0 Å². The number of benzene rings is 1. The lowest BCUT2D eigenvalue weighted by atomic mass is 10.1. The van der Waals surface area contributed by atoms with Crippen LogP contribution in [0.5, 0.6) is 0 Å². The van der Waals surface area contributed by atoms with Gasteiger partial charge < -0.3 is 4.74 Å². The number of para-hydroxylation sites is 1. The van der Waals surface area contributed by atoms with Crippen molar-refractivity contribution in [1.29, 1.82) is 0 Å². The van der Waals surface area contributed by atoms with Gasteiger partial charge in [0.2, 0.25) is 0 Å². The second kappa shape index (κ2) is 7.04. The molecule has 0 saturated carbocycles. The molecule has 0 N–H and O–H groups in total. The summed E-state index contributed by atoms with van der Waals surface area (Å²) < 4.78 is 28.9. The van der Waals surface area contributed by atoms with Crippen LogP contribution in [0, 0.1) is 6.92 Å². The Morgan fingerprint density at radius 3 is 2.86 bits per heavy atom. The van der Waals surface area contributed by atoms with E-state index in [1.54, 1.807) is 0 Å². The fraction of sp³-hybridized carbons (Fsp3) is 0.286. The van der Waals surface area contributed by atoms with E-state index in [4.69, 9.17) is 16.3 Å². The average molecular weight is 332 g/mol. The third kappa shape index (κ3) is 4.04. The molecule has 3 nitrogen and oxygen atoms in total. The fourth-order valence-corrected chi connectivity index (χ4v) is 2.38. The summed E-state index contributed by atoms with van der Waals surface area (Å²) in [6.07, 6.45) is 0. The number of fused-ring (bicyclic) bond motifs is 1. The number of ether oxygens (including phenoxy) is 1. The number of halogens is 3. The standard InChI is InChI=1S/C14H12ClF2NO2S/c1-8-9-4-2-3-5-10(9)18-11(13(8)15)6-20-12(19)7-21-14(16)17/h2-5,14H,6-7H2,1H3. The van der Waals surface area contributed by atoms with Crippen LogP contribution >= 0.6 is 23.4 Å². The molecule has 0 aliphatic heterocycles. The van der Waals surface area contributed by atoms with Crippen molar-refractivity contribution < 1.29 is 18.3 Å². The zero-order valence-corrected chi connectivity index (χ0v) is 12.7. The van der Waals surface area contributed by atoms with Crippen molar-refractivity contribution in [1.82, 2.24) is 4.98 Å². The SMILES string of the molecule is Cc1c(Cl)c(COC(=O)CSC(F)F)nc2ccccc12. The Balaban J connectivity index is 2.12. The van der Waals surface area contributed by atoms with E-state index < -0.39 is 17.5 Å². The minimum Gasteiger partial charge on any atom is -0.458 e. The molecule has 2 aromatic rings. The van der Waals surface area contributed by atoms with Crippen LogP contribution in [0.1, 0.15) is 11.3 Å². The van der Waals surface area contributed by atoms with E-state index >= 15 is 0 Å². The molecule has 0 aliphatic rings. The number of aryl methyl sites for hydroxylation is 1. The van der Waals surface area contributed by atoms with Gasteiger partial charge in [0.1, 0.15) is 6.61 Å². The first-order chi connectivity index (χ1) is 9.99. The zero-order chi connectivity index (χ0) is 15.4. The second-order valence-corrected chi connectivity index (χ2v) is 5.60. The Bertz CT molecular complexity index is 667. The molecule has 0 fully saturated rings. The minimum absolute atomic E-state index is 0.132. The van der Waals surface area contributed by atoms with Crippen molar-refractivity contribution in [3.8, 4) is 0 Å². The van der Waals surface area contributed by atoms with Crippen molar-refractivity contribution >= 4 is 40.2 Å². The van der Waals surface area contributed by atoms with Gasteiger partial charge in [0.25, 0.3) is 5.76 Å². The first kappa shape index (κ1) is 16.0. The van der Waals surface area contributed by atoms with Crippen molar-refractivity contribution in [2.24, 2.45) is 0 Å². The summed E-state index contributed by atoms with van der Waals surface area (Å²) in [5.41, 5.74) is 2.01. The van der Waals surface area contributed by atoms with E-state index in [9.17, 15) is 13.6 Å². The number of hydrogen-bond acceptors (Lipinski definition) is 4. The van der Waals surface area contributed by atoms with Crippen molar-refractivity contribution in [3.63, 3.8) is 0 Å². The van der Waals surface area contributed by atoms with Crippen LogP contribution in [0.2, 0.25) is 5.02 Å². The third-order valence-electron chi connectivity index (χ3n) is 2.84. The van der Waals surface area contributed by atoms with E-state index in [0.717, 1.165) is 16.5 Å². The van der Waals surface area contributed by atoms with Crippen molar-refractivity contribution in [2.45, 2.75) is 19.3 Å². The number of hydrogen-bond donors (Lipinski definition) is 0. The Morgan fingerprint density at radius 1 is 1.43 bits per heavy atom. The van der Waals surface area contributed by atoms with E-state index in [1.165, 1.54) is 0 Å². The number of rotatable bonds is 5. The third-order valence-corrected chi connectivity index (χ3v) is 4.00. The largest absolute Gasteiger partial charge is 0.458 e. The maximum atomic E-state index is 12.0. The van der Waals surface area contributed by atoms with Crippen molar-refractivity contribution in [3.05, 3.63) is 40.5 Å². The van der Waals surface area contributed by atoms with Gasteiger partial charge in [0.15, 0.2) is 0 Å². The number of thioether (sulfide) groups is 1. The number of aromatic nitrogens is 1. The van der Waals surface area contributed by atoms with E-state index in [0.29, 0.717) is 10.7 Å². The van der Waals surface area contributed by atoms with Crippen LogP contribution in [0.3, 0.4) is 0 Å². The molecule has 112 valence electrons. The Labute approximate surface area is 129 Å². The van der Waals surface area contributed by atoms with Gasteiger partial charge in [-0.1, -0.05) is 41.6 Å². The maximum absolute atomic E-state index is 12.0. The van der Waals surface area contributed by atoms with Gasteiger partial charge in [0.05, 0.1) is 22.0 Å². The lowest BCUT2D eigenvalue weighted by molar-refractivity contribution is -0.141. The highest BCUT2D eigenvalue weighted by atomic mass is 35.5. The molecule has 0 saturated heterocycles. The molecule has 0 amide bonds. The quantitative estimate of drug-likeness (QED) is 0.770. The van der Waals surface area contributed by atoms with E-state index in [-0.39, 0.29) is 18.4 Å². The minimum atomic E-state index is -2.60. The molecule has 1 heterocycles. The normalized spacial score (nSPS) is 11.1. The summed E-state index contributed by atoms with van der Waals surface area (Å²) in [5.74, 6) is -3.71. The number of esters is 1. The first-order valence-corrected chi connectivity index (χ1v) is 7.51. The van der Waals surface area contributed by atoms with Crippen LogP contribution in [0.15, 0.2) is 24.3 Å². The van der Waals surface area contributed by atoms with Gasteiger partial charge in [-0.15, -0.1) is 0 Å². The number of nitrogens with zero attached hydrogens (tertiary/aromatic N) is 1. The summed E-state index contributed by atoms with van der Waals surface area (Å²) in [6.45, 7) is 1.72. The topological polar surface area (TPSA) is 39.2 Å². The molecule has 1 aromatic carbocycles. The summed E-state index contributed by atoms with van der Waals surface area (Å²) >= 11 is 6.43. The molecular weight excluding hydrogens is 320 g/mol. The van der Waals surface area contributed by atoms with Crippen LogP contribution in [0.4, 0.5) is 8.78 Å². The molecule has 0 aliphatic carbocycles. The first-order valence-electron chi connectivity index (χ1n) is 6.08. The molecular formula is C14H12ClF2NO2S. The molecule has 1 aromatic heterocycles. The molecule has 0 bridgehead atoms. The van der Waals surface area contributed by atoms with Gasteiger partial charge in [-0.05, 0) is 18.6 Å². The lowest BCUT2D eigenvalue weighted by Gasteiger charge is -2.10. The summed E-state index contributed by atoms with van der Waals surface area (Å²) in [7, 11) is 0. The molecule has 0 unspecified atom stereocenters. The van der Waals surface area contributed by atoms with Crippen molar-refractivity contribution in [2.75, 3.05) is 5.75 Å². The monoisotopic (exact) mass is 331 g/mol.